The number of esters is 1. The van der Waals surface area contributed by atoms with Crippen LogP contribution in [0.15, 0.2) is 22.3 Å². The van der Waals surface area contributed by atoms with Crippen molar-refractivity contribution in [3.63, 3.8) is 0 Å². The third-order valence-electron chi connectivity index (χ3n) is 4.07. The third-order valence-corrected chi connectivity index (χ3v) is 4.07. The average Bonchev–Trinajstić information content (AvgIpc) is 2.41. The first kappa shape index (κ1) is 10.5. The van der Waals surface area contributed by atoms with Gasteiger partial charge in [0.05, 0.1) is 0 Å². The SMILES string of the molecule is CC1=C(C)C2(CCC1)OC(=O)C(C)=C2C. The molecule has 82 valence electrons. The van der Waals surface area contributed by atoms with E-state index in [4.69, 9.17) is 4.74 Å². The van der Waals surface area contributed by atoms with Crippen LogP contribution in [0.4, 0.5) is 0 Å². The van der Waals surface area contributed by atoms with E-state index in [9.17, 15) is 4.79 Å². The van der Waals surface area contributed by atoms with Gasteiger partial charge in [0.15, 0.2) is 5.60 Å². The Morgan fingerprint density at radius 3 is 2.33 bits per heavy atom. The van der Waals surface area contributed by atoms with Crippen LogP contribution in [0.3, 0.4) is 0 Å². The van der Waals surface area contributed by atoms with Gasteiger partial charge in [-0.15, -0.1) is 0 Å². The summed E-state index contributed by atoms with van der Waals surface area (Å²) < 4.78 is 5.63. The van der Waals surface area contributed by atoms with Crippen molar-refractivity contribution in [2.45, 2.75) is 52.6 Å². The Labute approximate surface area is 91.0 Å². The first-order valence-corrected chi connectivity index (χ1v) is 5.57. The van der Waals surface area contributed by atoms with Crippen molar-refractivity contribution < 1.29 is 9.53 Å². The maximum absolute atomic E-state index is 11.6. The van der Waals surface area contributed by atoms with Crippen LogP contribution in [-0.4, -0.2) is 11.6 Å². The predicted octanol–water partition coefficient (Wildman–Crippen LogP) is 3.14. The number of ether oxygens (including phenoxy) is 1. The highest BCUT2D eigenvalue weighted by molar-refractivity contribution is 5.93. The number of hydrogen-bond acceptors (Lipinski definition) is 2. The largest absolute Gasteiger partial charge is 0.447 e. The lowest BCUT2D eigenvalue weighted by molar-refractivity contribution is -0.145. The van der Waals surface area contributed by atoms with Crippen molar-refractivity contribution in [3.8, 4) is 0 Å². The van der Waals surface area contributed by atoms with Crippen LogP contribution >= 0.6 is 0 Å². The molecule has 2 heteroatoms. The zero-order chi connectivity index (χ0) is 11.2. The highest BCUT2D eigenvalue weighted by Crippen LogP contribution is 2.46. The molecule has 2 nitrogen and oxygen atoms in total. The fraction of sp³-hybridized carbons (Fsp3) is 0.615. The molecule has 0 bridgehead atoms. The summed E-state index contributed by atoms with van der Waals surface area (Å²) in [5.74, 6) is -0.137. The van der Waals surface area contributed by atoms with Gasteiger partial charge in [0.25, 0.3) is 0 Å². The molecule has 1 heterocycles. The van der Waals surface area contributed by atoms with Gasteiger partial charge in [0.1, 0.15) is 0 Å². The standard InChI is InChI=1S/C13H18O2/c1-8-6-5-7-13(10(8)3)11(4)9(2)12(14)15-13/h5-7H2,1-4H3. The van der Waals surface area contributed by atoms with Gasteiger partial charge in [-0.25, -0.2) is 4.79 Å². The fourth-order valence-electron chi connectivity index (χ4n) is 2.69. The minimum absolute atomic E-state index is 0.137. The summed E-state index contributed by atoms with van der Waals surface area (Å²) in [5, 5.41) is 0. The summed E-state index contributed by atoms with van der Waals surface area (Å²) in [6, 6.07) is 0. The first-order valence-electron chi connectivity index (χ1n) is 5.57. The van der Waals surface area contributed by atoms with E-state index in [0.29, 0.717) is 0 Å². The summed E-state index contributed by atoms with van der Waals surface area (Å²) in [6.07, 6.45) is 3.20. The van der Waals surface area contributed by atoms with E-state index in [-0.39, 0.29) is 11.6 Å². The van der Waals surface area contributed by atoms with E-state index in [1.807, 2.05) is 13.8 Å². The first-order chi connectivity index (χ1) is 6.99. The molecule has 0 amide bonds. The van der Waals surface area contributed by atoms with Gasteiger partial charge in [-0.05, 0) is 58.1 Å². The van der Waals surface area contributed by atoms with Crippen LogP contribution in [-0.2, 0) is 9.53 Å². The summed E-state index contributed by atoms with van der Waals surface area (Å²) in [5.41, 5.74) is 4.15. The molecule has 1 unspecified atom stereocenters. The molecule has 0 radical (unpaired) electrons. The molecule has 1 aliphatic carbocycles. The maximum atomic E-state index is 11.6. The molecular formula is C13H18O2. The van der Waals surface area contributed by atoms with Gasteiger partial charge in [-0.2, -0.15) is 0 Å². The van der Waals surface area contributed by atoms with E-state index in [1.165, 1.54) is 11.1 Å². The molecule has 2 rings (SSSR count). The maximum Gasteiger partial charge on any atom is 0.335 e. The second kappa shape index (κ2) is 3.22. The van der Waals surface area contributed by atoms with Crippen LogP contribution in [0.2, 0.25) is 0 Å². The molecule has 0 saturated heterocycles. The van der Waals surface area contributed by atoms with Crippen LogP contribution in [0, 0.1) is 0 Å². The summed E-state index contributed by atoms with van der Waals surface area (Å²) in [7, 11) is 0. The topological polar surface area (TPSA) is 26.3 Å². The molecule has 0 aromatic heterocycles. The lowest BCUT2D eigenvalue weighted by Crippen LogP contribution is -2.35. The molecule has 0 saturated carbocycles. The van der Waals surface area contributed by atoms with Gasteiger partial charge < -0.3 is 4.74 Å². The summed E-state index contributed by atoms with van der Waals surface area (Å²) >= 11 is 0. The molecule has 2 aliphatic rings. The summed E-state index contributed by atoms with van der Waals surface area (Å²) in [4.78, 5) is 11.6. The molecule has 0 N–H and O–H groups in total. The molecule has 15 heavy (non-hydrogen) atoms. The van der Waals surface area contributed by atoms with Crippen molar-refractivity contribution in [1.82, 2.24) is 0 Å². The van der Waals surface area contributed by atoms with Gasteiger partial charge in [-0.1, -0.05) is 5.57 Å². The lowest BCUT2D eigenvalue weighted by atomic mass is 9.76. The quantitative estimate of drug-likeness (QED) is 0.449. The smallest absolute Gasteiger partial charge is 0.335 e. The lowest BCUT2D eigenvalue weighted by Gasteiger charge is -2.36. The Kier molecular flexibility index (Phi) is 2.25. The molecular weight excluding hydrogens is 188 g/mol. The van der Waals surface area contributed by atoms with E-state index < -0.39 is 0 Å². The van der Waals surface area contributed by atoms with Crippen LogP contribution < -0.4 is 0 Å². The fourth-order valence-corrected chi connectivity index (χ4v) is 2.69. The van der Waals surface area contributed by atoms with E-state index in [2.05, 4.69) is 13.8 Å². The number of carbonyl (C=O) groups excluding carboxylic acids is 1. The second-order valence-electron chi connectivity index (χ2n) is 4.73. The van der Waals surface area contributed by atoms with E-state index in [0.717, 1.165) is 30.4 Å². The van der Waals surface area contributed by atoms with Crippen molar-refractivity contribution in [2.75, 3.05) is 0 Å². The van der Waals surface area contributed by atoms with Crippen molar-refractivity contribution in [1.29, 1.82) is 0 Å². The minimum atomic E-state index is -0.385. The molecule has 0 fully saturated rings. The van der Waals surface area contributed by atoms with Crippen molar-refractivity contribution in [3.05, 3.63) is 22.3 Å². The highest BCUT2D eigenvalue weighted by Gasteiger charge is 2.46. The molecule has 1 aliphatic heterocycles. The monoisotopic (exact) mass is 206 g/mol. The third kappa shape index (κ3) is 1.27. The average molecular weight is 206 g/mol. The number of carbonyl (C=O) groups is 1. The van der Waals surface area contributed by atoms with Crippen LogP contribution in [0.5, 0.6) is 0 Å². The van der Waals surface area contributed by atoms with Crippen molar-refractivity contribution in [2.24, 2.45) is 0 Å². The normalized spacial score (nSPS) is 31.6. The second-order valence-corrected chi connectivity index (χ2v) is 4.73. The van der Waals surface area contributed by atoms with Gasteiger partial charge in [0, 0.05) is 5.57 Å². The molecule has 0 aromatic rings. The Morgan fingerprint density at radius 1 is 1.13 bits per heavy atom. The summed E-state index contributed by atoms with van der Waals surface area (Å²) in [6.45, 7) is 8.14. The number of rotatable bonds is 0. The molecule has 1 atom stereocenters. The van der Waals surface area contributed by atoms with E-state index in [1.54, 1.807) is 0 Å². The van der Waals surface area contributed by atoms with Crippen molar-refractivity contribution >= 4 is 5.97 Å². The molecule has 1 spiro atoms. The predicted molar refractivity (Wildman–Crippen MR) is 59.4 cm³/mol. The zero-order valence-electron chi connectivity index (χ0n) is 9.94. The van der Waals surface area contributed by atoms with Crippen LogP contribution in [0.1, 0.15) is 47.0 Å². The highest BCUT2D eigenvalue weighted by atomic mass is 16.6. The van der Waals surface area contributed by atoms with Gasteiger partial charge in [0.2, 0.25) is 0 Å². The zero-order valence-corrected chi connectivity index (χ0v) is 9.94. The minimum Gasteiger partial charge on any atom is -0.447 e. The molecule has 0 aromatic carbocycles. The van der Waals surface area contributed by atoms with Gasteiger partial charge >= 0.3 is 5.97 Å². The Hall–Kier alpha value is -1.05. The Bertz CT molecular complexity index is 387. The van der Waals surface area contributed by atoms with E-state index >= 15 is 0 Å². The van der Waals surface area contributed by atoms with Gasteiger partial charge in [-0.3, -0.25) is 0 Å². The number of hydrogen-bond donors (Lipinski definition) is 0. The Morgan fingerprint density at radius 2 is 1.80 bits per heavy atom. The Balaban J connectivity index is 2.54. The van der Waals surface area contributed by atoms with Crippen LogP contribution in [0.25, 0.3) is 0 Å². The number of allylic oxidation sites excluding steroid dienone is 1.